The zero-order valence-electron chi connectivity index (χ0n) is 17.8. The molecule has 4 aromatic rings. The van der Waals surface area contributed by atoms with Gasteiger partial charge in [-0.25, -0.2) is 8.42 Å². The molecule has 1 heterocycles. The molecule has 1 aromatic heterocycles. The molecule has 174 valence electrons. The zero-order valence-corrected chi connectivity index (χ0v) is 20.2. The monoisotopic (exact) mass is 533 g/mol. The van der Waals surface area contributed by atoms with E-state index in [1.165, 1.54) is 0 Å². The molecule has 0 fully saturated rings. The number of aromatic nitrogens is 1. The van der Waals surface area contributed by atoms with Gasteiger partial charge in [-0.3, -0.25) is 4.72 Å². The number of aliphatic hydroxyl groups excluding tert-OH is 1. The number of ether oxygens (including phenoxy) is 1. The first-order chi connectivity index (χ1) is 15.7. The van der Waals surface area contributed by atoms with E-state index in [1.54, 1.807) is 30.3 Å². The van der Waals surface area contributed by atoms with Gasteiger partial charge in [0.1, 0.15) is 18.1 Å². The first kappa shape index (κ1) is 23.4. The lowest BCUT2D eigenvalue weighted by Gasteiger charge is -2.15. The fraction of sp³-hybridized carbons (Fsp3) is 0.217. The zero-order chi connectivity index (χ0) is 23.6. The molecule has 0 spiro atoms. The SMILES string of the molecule is CS(=O)(=O)Nc1cc(C(O)CNCCOc2ccc3c(c2)[nH]c2cc(O)ccc23)ccc1Br. The molecule has 33 heavy (non-hydrogen) atoms. The van der Waals surface area contributed by atoms with Crippen LogP contribution in [0.3, 0.4) is 0 Å². The minimum Gasteiger partial charge on any atom is -0.508 e. The van der Waals surface area contributed by atoms with Crippen molar-refractivity contribution in [2.75, 3.05) is 30.7 Å². The lowest BCUT2D eigenvalue weighted by molar-refractivity contribution is 0.172. The predicted octanol–water partition coefficient (Wildman–Crippen LogP) is 3.86. The van der Waals surface area contributed by atoms with Gasteiger partial charge in [0.15, 0.2) is 0 Å². The van der Waals surface area contributed by atoms with Gasteiger partial charge in [0.25, 0.3) is 0 Å². The number of halogens is 1. The number of aromatic amines is 1. The Bertz CT molecular complexity index is 1400. The number of rotatable bonds is 9. The van der Waals surface area contributed by atoms with Crippen LogP contribution in [0.4, 0.5) is 5.69 Å². The molecular weight excluding hydrogens is 510 g/mol. The maximum absolute atomic E-state index is 11.5. The molecule has 0 amide bonds. The van der Waals surface area contributed by atoms with Crippen molar-refractivity contribution in [1.29, 1.82) is 0 Å². The maximum atomic E-state index is 11.5. The average Bonchev–Trinajstić information content (AvgIpc) is 3.10. The lowest BCUT2D eigenvalue weighted by Crippen LogP contribution is -2.26. The Morgan fingerprint density at radius 3 is 2.55 bits per heavy atom. The number of aliphatic hydroxyl groups is 1. The summed E-state index contributed by atoms with van der Waals surface area (Å²) in [7, 11) is -3.42. The molecule has 10 heteroatoms. The Labute approximate surface area is 199 Å². The van der Waals surface area contributed by atoms with Crippen molar-refractivity contribution >= 4 is 53.4 Å². The van der Waals surface area contributed by atoms with Crippen LogP contribution in [0.15, 0.2) is 59.1 Å². The van der Waals surface area contributed by atoms with Crippen molar-refractivity contribution in [3.05, 3.63) is 64.6 Å². The van der Waals surface area contributed by atoms with E-state index in [0.717, 1.165) is 28.1 Å². The number of H-pyrrole nitrogens is 1. The van der Waals surface area contributed by atoms with Gasteiger partial charge in [-0.05, 0) is 57.9 Å². The van der Waals surface area contributed by atoms with E-state index in [-0.39, 0.29) is 12.3 Å². The number of benzene rings is 3. The van der Waals surface area contributed by atoms with E-state index < -0.39 is 16.1 Å². The highest BCUT2D eigenvalue weighted by atomic mass is 79.9. The second kappa shape index (κ2) is 9.60. The van der Waals surface area contributed by atoms with Crippen LogP contribution < -0.4 is 14.8 Å². The van der Waals surface area contributed by atoms with Crippen LogP contribution in [-0.2, 0) is 10.0 Å². The average molecular weight is 534 g/mol. The summed E-state index contributed by atoms with van der Waals surface area (Å²) in [5.74, 6) is 0.926. The van der Waals surface area contributed by atoms with Gasteiger partial charge < -0.3 is 25.3 Å². The van der Waals surface area contributed by atoms with Crippen LogP contribution in [-0.4, -0.2) is 49.6 Å². The van der Waals surface area contributed by atoms with Crippen LogP contribution in [0, 0.1) is 0 Å². The quantitative estimate of drug-likeness (QED) is 0.208. The summed E-state index contributed by atoms with van der Waals surface area (Å²) in [6.07, 6.45) is 0.266. The van der Waals surface area contributed by atoms with Crippen molar-refractivity contribution in [3.63, 3.8) is 0 Å². The largest absolute Gasteiger partial charge is 0.508 e. The molecule has 1 atom stereocenters. The van der Waals surface area contributed by atoms with Crippen LogP contribution in [0.25, 0.3) is 21.8 Å². The molecule has 4 rings (SSSR count). The third kappa shape index (κ3) is 5.77. The summed E-state index contributed by atoms with van der Waals surface area (Å²) >= 11 is 3.30. The Morgan fingerprint density at radius 1 is 1.06 bits per heavy atom. The van der Waals surface area contributed by atoms with Gasteiger partial charge in [0, 0.05) is 40.5 Å². The minimum absolute atomic E-state index is 0.213. The molecule has 0 radical (unpaired) electrons. The highest BCUT2D eigenvalue weighted by Gasteiger charge is 2.12. The molecule has 0 saturated heterocycles. The number of anilines is 1. The number of aromatic hydroxyl groups is 1. The topological polar surface area (TPSA) is 124 Å². The van der Waals surface area contributed by atoms with E-state index in [0.29, 0.717) is 34.6 Å². The number of phenolic OH excluding ortho intramolecular Hbond substituents is 1. The van der Waals surface area contributed by atoms with Gasteiger partial charge in [-0.2, -0.15) is 0 Å². The molecule has 0 bridgehead atoms. The molecule has 0 aliphatic carbocycles. The smallest absolute Gasteiger partial charge is 0.229 e. The van der Waals surface area contributed by atoms with Crippen LogP contribution >= 0.6 is 15.9 Å². The van der Waals surface area contributed by atoms with Gasteiger partial charge in [-0.1, -0.05) is 6.07 Å². The second-order valence-electron chi connectivity index (χ2n) is 7.74. The first-order valence-electron chi connectivity index (χ1n) is 10.2. The molecular formula is C23H24BrN3O5S. The molecule has 3 aromatic carbocycles. The summed E-state index contributed by atoms with van der Waals surface area (Å²) in [6.45, 7) is 1.20. The van der Waals surface area contributed by atoms with Crippen molar-refractivity contribution in [3.8, 4) is 11.5 Å². The highest BCUT2D eigenvalue weighted by Crippen LogP contribution is 2.30. The predicted molar refractivity (Wildman–Crippen MR) is 133 cm³/mol. The fourth-order valence-corrected chi connectivity index (χ4v) is 4.64. The second-order valence-corrected chi connectivity index (χ2v) is 10.3. The number of hydrogen-bond acceptors (Lipinski definition) is 6. The Kier molecular flexibility index (Phi) is 6.80. The number of nitrogens with one attached hydrogen (secondary N) is 3. The van der Waals surface area contributed by atoms with Crippen molar-refractivity contribution in [1.82, 2.24) is 10.3 Å². The molecule has 0 aliphatic rings. The van der Waals surface area contributed by atoms with Crippen LogP contribution in [0.1, 0.15) is 11.7 Å². The summed E-state index contributed by atoms with van der Waals surface area (Å²) in [6, 6.07) is 16.1. The highest BCUT2D eigenvalue weighted by molar-refractivity contribution is 9.10. The molecule has 0 aliphatic heterocycles. The van der Waals surface area contributed by atoms with Gasteiger partial charge in [0.05, 0.1) is 29.1 Å². The molecule has 8 nitrogen and oxygen atoms in total. The summed E-state index contributed by atoms with van der Waals surface area (Å²) < 4.78 is 31.8. The summed E-state index contributed by atoms with van der Waals surface area (Å²) in [5.41, 5.74) is 2.75. The Hall–Kier alpha value is -2.79. The molecule has 5 N–H and O–H groups in total. The number of phenols is 1. The van der Waals surface area contributed by atoms with Gasteiger partial charge >= 0.3 is 0 Å². The maximum Gasteiger partial charge on any atom is 0.229 e. The third-order valence-corrected chi connectivity index (χ3v) is 6.39. The van der Waals surface area contributed by atoms with Crippen LogP contribution in [0.2, 0.25) is 0 Å². The van der Waals surface area contributed by atoms with E-state index >= 15 is 0 Å². The normalized spacial score (nSPS) is 12.8. The van der Waals surface area contributed by atoms with Gasteiger partial charge in [0.2, 0.25) is 10.0 Å². The minimum atomic E-state index is -3.42. The molecule has 0 saturated carbocycles. The van der Waals surface area contributed by atoms with Crippen molar-refractivity contribution in [2.24, 2.45) is 0 Å². The fourth-order valence-electron chi connectivity index (χ4n) is 3.59. The van der Waals surface area contributed by atoms with E-state index in [4.69, 9.17) is 4.74 Å². The van der Waals surface area contributed by atoms with E-state index in [2.05, 4.69) is 31.0 Å². The first-order valence-corrected chi connectivity index (χ1v) is 12.9. The van der Waals surface area contributed by atoms with Crippen LogP contribution in [0.5, 0.6) is 11.5 Å². The molecule has 1 unspecified atom stereocenters. The third-order valence-electron chi connectivity index (χ3n) is 5.11. The standard InChI is InChI=1S/C23H24BrN3O5S/c1-33(30,31)27-22-10-14(2-7-19(22)24)23(29)13-25-8-9-32-16-4-6-18-17-5-3-15(28)11-20(17)26-21(18)12-16/h2-7,10-12,23,25-29H,8-9,13H2,1H3. The van der Waals surface area contributed by atoms with E-state index in [9.17, 15) is 18.6 Å². The summed E-state index contributed by atoms with van der Waals surface area (Å²) in [5, 5.41) is 25.3. The number of sulfonamides is 1. The number of hydrogen-bond donors (Lipinski definition) is 5. The Morgan fingerprint density at radius 2 is 1.79 bits per heavy atom. The van der Waals surface area contributed by atoms with E-state index in [1.807, 2.05) is 24.3 Å². The summed E-state index contributed by atoms with van der Waals surface area (Å²) in [4.78, 5) is 3.28. The number of fused-ring (bicyclic) bond motifs is 3. The van der Waals surface area contributed by atoms with Gasteiger partial charge in [-0.15, -0.1) is 0 Å². The lowest BCUT2D eigenvalue weighted by atomic mass is 10.1. The van der Waals surface area contributed by atoms with Crippen molar-refractivity contribution < 1.29 is 23.4 Å². The van der Waals surface area contributed by atoms with Crippen molar-refractivity contribution in [2.45, 2.75) is 6.10 Å². The Balaban J connectivity index is 1.30.